The predicted octanol–water partition coefficient (Wildman–Crippen LogP) is 3.60. The van der Waals surface area contributed by atoms with Gasteiger partial charge in [0.05, 0.1) is 12.7 Å². The number of benzene rings is 2. The Morgan fingerprint density at radius 1 is 1.00 bits per heavy atom. The highest BCUT2D eigenvalue weighted by Gasteiger charge is 2.24. The van der Waals surface area contributed by atoms with Gasteiger partial charge in [-0.2, -0.15) is 0 Å². The molecule has 7 nitrogen and oxygen atoms in total. The van der Waals surface area contributed by atoms with Crippen molar-refractivity contribution in [1.82, 2.24) is 10.2 Å². The van der Waals surface area contributed by atoms with Crippen LogP contribution in [0.3, 0.4) is 0 Å². The van der Waals surface area contributed by atoms with Gasteiger partial charge in [0.15, 0.2) is 11.5 Å². The number of rotatable bonds is 4. The molecule has 1 aliphatic rings. The molecule has 0 aliphatic carbocycles. The van der Waals surface area contributed by atoms with E-state index in [0.29, 0.717) is 23.6 Å². The van der Waals surface area contributed by atoms with Crippen molar-refractivity contribution in [2.45, 2.75) is 12.8 Å². The highest BCUT2D eigenvalue weighted by molar-refractivity contribution is 6.05. The standard InChI is InChI=1S/C22H20N4O3/c1-29-22(28)16-8-10-17(11-9-16)23-20-13-12-18(24-25-20)21(27)26-14-4-6-15-5-2-3-7-19(15)26/h2-3,5,7-13H,4,6,14H2,1H3,(H,23,25). The summed E-state index contributed by atoms with van der Waals surface area (Å²) in [6.45, 7) is 0.671. The first-order valence-corrected chi connectivity index (χ1v) is 9.34. The van der Waals surface area contributed by atoms with Crippen LogP contribution in [0.25, 0.3) is 0 Å². The zero-order chi connectivity index (χ0) is 20.2. The fraction of sp³-hybridized carbons (Fsp3) is 0.182. The van der Waals surface area contributed by atoms with Gasteiger partial charge in [0.2, 0.25) is 0 Å². The molecule has 1 amide bonds. The van der Waals surface area contributed by atoms with Crippen molar-refractivity contribution in [1.29, 1.82) is 0 Å². The smallest absolute Gasteiger partial charge is 0.337 e. The number of aromatic nitrogens is 2. The molecular weight excluding hydrogens is 368 g/mol. The average molecular weight is 388 g/mol. The fourth-order valence-corrected chi connectivity index (χ4v) is 3.35. The number of amides is 1. The molecule has 4 rings (SSSR count). The van der Waals surface area contributed by atoms with E-state index in [0.717, 1.165) is 24.2 Å². The summed E-state index contributed by atoms with van der Waals surface area (Å²) in [7, 11) is 1.34. The predicted molar refractivity (Wildman–Crippen MR) is 110 cm³/mol. The molecule has 0 radical (unpaired) electrons. The van der Waals surface area contributed by atoms with Crippen molar-refractivity contribution in [3.63, 3.8) is 0 Å². The van der Waals surface area contributed by atoms with E-state index in [4.69, 9.17) is 0 Å². The number of para-hydroxylation sites is 1. The molecule has 0 bridgehead atoms. The minimum absolute atomic E-state index is 0.154. The summed E-state index contributed by atoms with van der Waals surface area (Å²) in [4.78, 5) is 26.2. The minimum Gasteiger partial charge on any atom is -0.465 e. The van der Waals surface area contributed by atoms with Gasteiger partial charge in [-0.15, -0.1) is 10.2 Å². The molecule has 1 aliphatic heterocycles. The second kappa shape index (κ2) is 8.10. The molecule has 0 atom stereocenters. The van der Waals surface area contributed by atoms with Crippen molar-refractivity contribution in [3.05, 3.63) is 77.5 Å². The van der Waals surface area contributed by atoms with Gasteiger partial charge in [-0.1, -0.05) is 18.2 Å². The molecule has 1 aromatic heterocycles. The fourth-order valence-electron chi connectivity index (χ4n) is 3.35. The number of carbonyl (C=O) groups excluding carboxylic acids is 2. The third kappa shape index (κ3) is 3.94. The van der Waals surface area contributed by atoms with Crippen LogP contribution in [0.4, 0.5) is 17.2 Å². The Morgan fingerprint density at radius 3 is 2.52 bits per heavy atom. The Labute approximate surface area is 168 Å². The topological polar surface area (TPSA) is 84.4 Å². The van der Waals surface area contributed by atoms with Crippen LogP contribution in [0, 0.1) is 0 Å². The molecule has 0 fully saturated rings. The lowest BCUT2D eigenvalue weighted by Gasteiger charge is -2.29. The SMILES string of the molecule is COC(=O)c1ccc(Nc2ccc(C(=O)N3CCCc4ccccc43)nn2)cc1. The Morgan fingerprint density at radius 2 is 1.79 bits per heavy atom. The maximum atomic E-state index is 12.9. The van der Waals surface area contributed by atoms with E-state index < -0.39 is 5.97 Å². The second-order valence-electron chi connectivity index (χ2n) is 6.69. The van der Waals surface area contributed by atoms with E-state index in [1.165, 1.54) is 12.7 Å². The van der Waals surface area contributed by atoms with Crippen molar-refractivity contribution in [2.75, 3.05) is 23.9 Å². The van der Waals surface area contributed by atoms with Crippen LogP contribution in [-0.4, -0.2) is 35.7 Å². The lowest BCUT2D eigenvalue weighted by atomic mass is 10.0. The molecule has 0 saturated heterocycles. The van der Waals surface area contributed by atoms with Crippen LogP contribution in [-0.2, 0) is 11.2 Å². The number of aryl methyl sites for hydroxylation is 1. The summed E-state index contributed by atoms with van der Waals surface area (Å²) < 4.78 is 4.68. The molecule has 1 N–H and O–H groups in total. The van der Waals surface area contributed by atoms with Crippen LogP contribution in [0.1, 0.15) is 32.8 Å². The summed E-state index contributed by atoms with van der Waals surface area (Å²) in [6.07, 6.45) is 1.90. The van der Waals surface area contributed by atoms with E-state index in [-0.39, 0.29) is 5.91 Å². The summed E-state index contributed by atoms with van der Waals surface area (Å²) in [6, 6.07) is 18.1. The van der Waals surface area contributed by atoms with Gasteiger partial charge in [-0.3, -0.25) is 4.79 Å². The molecule has 0 unspecified atom stereocenters. The van der Waals surface area contributed by atoms with Gasteiger partial charge in [0.25, 0.3) is 5.91 Å². The van der Waals surface area contributed by atoms with E-state index in [9.17, 15) is 9.59 Å². The first kappa shape index (κ1) is 18.6. The Kier molecular flexibility index (Phi) is 5.20. The van der Waals surface area contributed by atoms with Crippen molar-refractivity contribution >= 4 is 29.1 Å². The molecule has 0 saturated carbocycles. The third-order valence-electron chi connectivity index (χ3n) is 4.82. The first-order chi connectivity index (χ1) is 14.2. The lowest BCUT2D eigenvalue weighted by Crippen LogP contribution is -2.36. The van der Waals surface area contributed by atoms with Gasteiger partial charge in [-0.25, -0.2) is 4.79 Å². The second-order valence-corrected chi connectivity index (χ2v) is 6.69. The number of nitrogens with zero attached hydrogens (tertiary/aromatic N) is 3. The molecule has 7 heteroatoms. The number of carbonyl (C=O) groups is 2. The number of hydrogen-bond donors (Lipinski definition) is 1. The third-order valence-corrected chi connectivity index (χ3v) is 4.82. The van der Waals surface area contributed by atoms with Gasteiger partial charge >= 0.3 is 5.97 Å². The van der Waals surface area contributed by atoms with Gasteiger partial charge in [0.1, 0.15) is 0 Å². The van der Waals surface area contributed by atoms with Crippen molar-refractivity contribution in [2.24, 2.45) is 0 Å². The number of methoxy groups -OCH3 is 1. The van der Waals surface area contributed by atoms with Crippen molar-refractivity contribution in [3.8, 4) is 0 Å². The quantitative estimate of drug-likeness (QED) is 0.688. The molecule has 2 heterocycles. The zero-order valence-corrected chi connectivity index (χ0v) is 16.0. The van der Waals surface area contributed by atoms with E-state index in [1.54, 1.807) is 41.3 Å². The number of hydrogen-bond acceptors (Lipinski definition) is 6. The van der Waals surface area contributed by atoms with Crippen LogP contribution >= 0.6 is 0 Å². The van der Waals surface area contributed by atoms with Gasteiger partial charge < -0.3 is 15.0 Å². The molecular formula is C22H20N4O3. The van der Waals surface area contributed by atoms with Gasteiger partial charge in [-0.05, 0) is 60.9 Å². The highest BCUT2D eigenvalue weighted by atomic mass is 16.5. The summed E-state index contributed by atoms with van der Waals surface area (Å²) in [5, 5.41) is 11.3. The molecule has 3 aromatic rings. The molecule has 2 aromatic carbocycles. The monoisotopic (exact) mass is 388 g/mol. The lowest BCUT2D eigenvalue weighted by molar-refractivity contribution is 0.0600. The number of anilines is 3. The minimum atomic E-state index is -0.390. The van der Waals surface area contributed by atoms with Crippen molar-refractivity contribution < 1.29 is 14.3 Å². The maximum Gasteiger partial charge on any atom is 0.337 e. The molecule has 29 heavy (non-hydrogen) atoms. The van der Waals surface area contributed by atoms with E-state index >= 15 is 0 Å². The average Bonchev–Trinajstić information content (AvgIpc) is 2.78. The van der Waals surface area contributed by atoms with E-state index in [2.05, 4.69) is 26.3 Å². The van der Waals surface area contributed by atoms with Crippen LogP contribution in [0.2, 0.25) is 0 Å². The number of esters is 1. The Balaban J connectivity index is 1.47. The van der Waals surface area contributed by atoms with Crippen LogP contribution < -0.4 is 10.2 Å². The molecule has 146 valence electrons. The number of fused-ring (bicyclic) bond motifs is 1. The maximum absolute atomic E-state index is 12.9. The summed E-state index contributed by atoms with van der Waals surface area (Å²) >= 11 is 0. The highest BCUT2D eigenvalue weighted by Crippen LogP contribution is 2.27. The van der Waals surface area contributed by atoms with E-state index in [1.807, 2.05) is 18.2 Å². The Hall–Kier alpha value is -3.74. The van der Waals surface area contributed by atoms with Crippen LogP contribution in [0.15, 0.2) is 60.7 Å². The van der Waals surface area contributed by atoms with Gasteiger partial charge in [0, 0.05) is 17.9 Å². The molecule has 0 spiro atoms. The Bertz CT molecular complexity index is 1030. The van der Waals surface area contributed by atoms with Crippen LogP contribution in [0.5, 0.6) is 0 Å². The number of ether oxygens (including phenoxy) is 1. The zero-order valence-electron chi connectivity index (χ0n) is 16.0. The summed E-state index contributed by atoms with van der Waals surface area (Å²) in [5.74, 6) is -0.0384. The normalized spacial score (nSPS) is 12.8. The first-order valence-electron chi connectivity index (χ1n) is 9.34. The number of nitrogens with one attached hydrogen (secondary N) is 1. The summed E-state index contributed by atoms with van der Waals surface area (Å²) in [5.41, 5.74) is 3.63. The largest absolute Gasteiger partial charge is 0.465 e.